The Bertz CT molecular complexity index is 574. The summed E-state index contributed by atoms with van der Waals surface area (Å²) in [5.41, 5.74) is 1.35. The molecule has 18 heavy (non-hydrogen) atoms. The van der Waals surface area contributed by atoms with Crippen LogP contribution in [0.3, 0.4) is 0 Å². The van der Waals surface area contributed by atoms with E-state index in [9.17, 15) is 9.90 Å². The largest absolute Gasteiger partial charge is 0.508 e. The topological polar surface area (TPSA) is 55.8 Å². The Morgan fingerprint density at radius 3 is 2.67 bits per heavy atom. The summed E-state index contributed by atoms with van der Waals surface area (Å²) in [5, 5.41) is 12.2. The van der Waals surface area contributed by atoms with Gasteiger partial charge < -0.3 is 14.6 Å². The lowest BCUT2D eigenvalue weighted by Crippen LogP contribution is -2.00. The van der Waals surface area contributed by atoms with Gasteiger partial charge in [-0.05, 0) is 36.1 Å². The molecule has 1 aromatic carbocycles. The number of benzene rings is 1. The fourth-order valence-corrected chi connectivity index (χ4v) is 2.22. The molecule has 1 heterocycles. The molecular weight excluding hydrogens is 252 g/mol. The highest BCUT2D eigenvalue weighted by atomic mass is 32.1. The first-order valence-corrected chi connectivity index (χ1v) is 6.12. The van der Waals surface area contributed by atoms with Crippen molar-refractivity contribution in [2.45, 2.75) is 6.92 Å². The molecular formula is C13H12O4S. The molecule has 0 fully saturated rings. The zero-order chi connectivity index (χ0) is 13.1. The maximum absolute atomic E-state index is 11.4. The third kappa shape index (κ3) is 2.81. The van der Waals surface area contributed by atoms with Crippen molar-refractivity contribution >= 4 is 17.3 Å². The Morgan fingerprint density at radius 1 is 1.28 bits per heavy atom. The summed E-state index contributed by atoms with van der Waals surface area (Å²) in [7, 11) is 1.29. The first-order chi connectivity index (χ1) is 8.58. The minimum absolute atomic E-state index is 0.0406. The van der Waals surface area contributed by atoms with E-state index in [1.54, 1.807) is 0 Å². The van der Waals surface area contributed by atoms with Gasteiger partial charge in [0.15, 0.2) is 5.06 Å². The predicted molar refractivity (Wildman–Crippen MR) is 68.6 cm³/mol. The maximum Gasteiger partial charge on any atom is 0.338 e. The van der Waals surface area contributed by atoms with Gasteiger partial charge in [0.2, 0.25) is 0 Å². The number of hydrogen-bond acceptors (Lipinski definition) is 5. The Morgan fingerprint density at radius 2 is 2.06 bits per heavy atom. The van der Waals surface area contributed by atoms with Crippen LogP contribution in [-0.4, -0.2) is 18.2 Å². The van der Waals surface area contributed by atoms with E-state index < -0.39 is 5.97 Å². The van der Waals surface area contributed by atoms with Crippen LogP contribution in [0.4, 0.5) is 0 Å². The van der Waals surface area contributed by atoms with Crippen LogP contribution in [0.25, 0.3) is 0 Å². The first kappa shape index (κ1) is 12.4. The van der Waals surface area contributed by atoms with Gasteiger partial charge in [0.25, 0.3) is 0 Å². The van der Waals surface area contributed by atoms with Crippen LogP contribution in [0.15, 0.2) is 29.6 Å². The second-order valence-electron chi connectivity index (χ2n) is 3.75. The zero-order valence-corrected chi connectivity index (χ0v) is 10.8. The molecule has 0 spiro atoms. The van der Waals surface area contributed by atoms with Crippen LogP contribution >= 0.6 is 11.3 Å². The summed E-state index contributed by atoms with van der Waals surface area (Å²) < 4.78 is 10.2. The molecule has 5 heteroatoms. The standard InChI is InChI=1S/C13H12O4S/c1-8-3-12(18-7-8)17-11-5-9(13(15)16-2)4-10(14)6-11/h3-7,14H,1-2H3. The summed E-state index contributed by atoms with van der Waals surface area (Å²) in [6.07, 6.45) is 0. The van der Waals surface area contributed by atoms with Gasteiger partial charge in [0.05, 0.1) is 12.7 Å². The number of hydrogen-bond donors (Lipinski definition) is 1. The number of aryl methyl sites for hydroxylation is 1. The van der Waals surface area contributed by atoms with Crippen molar-refractivity contribution in [3.05, 3.63) is 40.8 Å². The predicted octanol–water partition coefficient (Wildman–Crippen LogP) is 3.34. The average molecular weight is 264 g/mol. The molecule has 0 atom stereocenters. The van der Waals surface area contributed by atoms with Gasteiger partial charge in [-0.25, -0.2) is 4.79 Å². The number of thiophene rings is 1. The monoisotopic (exact) mass is 264 g/mol. The second kappa shape index (κ2) is 5.10. The van der Waals surface area contributed by atoms with Crippen molar-refractivity contribution in [1.29, 1.82) is 0 Å². The van der Waals surface area contributed by atoms with Gasteiger partial charge in [-0.15, -0.1) is 11.3 Å². The van der Waals surface area contributed by atoms with Crippen molar-refractivity contribution in [1.82, 2.24) is 0 Å². The average Bonchev–Trinajstić information content (AvgIpc) is 2.73. The first-order valence-electron chi connectivity index (χ1n) is 5.24. The molecule has 0 amide bonds. The highest BCUT2D eigenvalue weighted by molar-refractivity contribution is 7.12. The summed E-state index contributed by atoms with van der Waals surface area (Å²) in [6, 6.07) is 6.19. The van der Waals surface area contributed by atoms with E-state index in [-0.39, 0.29) is 11.3 Å². The summed E-state index contributed by atoms with van der Waals surface area (Å²) in [4.78, 5) is 11.4. The van der Waals surface area contributed by atoms with Gasteiger partial charge in [-0.1, -0.05) is 0 Å². The lowest BCUT2D eigenvalue weighted by molar-refractivity contribution is 0.0600. The van der Waals surface area contributed by atoms with E-state index in [4.69, 9.17) is 4.74 Å². The van der Waals surface area contributed by atoms with E-state index >= 15 is 0 Å². The second-order valence-corrected chi connectivity index (χ2v) is 4.63. The minimum atomic E-state index is -0.516. The molecule has 1 aromatic heterocycles. The molecule has 4 nitrogen and oxygen atoms in total. The van der Waals surface area contributed by atoms with Crippen LogP contribution in [0.5, 0.6) is 16.6 Å². The van der Waals surface area contributed by atoms with Crippen LogP contribution in [0.2, 0.25) is 0 Å². The van der Waals surface area contributed by atoms with Crippen molar-refractivity contribution in [2.75, 3.05) is 7.11 Å². The molecule has 1 N–H and O–H groups in total. The van der Waals surface area contributed by atoms with E-state index in [1.807, 2.05) is 18.4 Å². The highest BCUT2D eigenvalue weighted by Gasteiger charge is 2.10. The quantitative estimate of drug-likeness (QED) is 0.864. The molecule has 2 rings (SSSR count). The number of phenols is 1. The Hall–Kier alpha value is -2.01. The lowest BCUT2D eigenvalue weighted by Gasteiger charge is -2.06. The molecule has 0 aliphatic heterocycles. The fraction of sp³-hybridized carbons (Fsp3) is 0.154. The molecule has 0 aliphatic rings. The van der Waals surface area contributed by atoms with Crippen molar-refractivity contribution in [3.8, 4) is 16.6 Å². The van der Waals surface area contributed by atoms with Gasteiger partial charge in [0.1, 0.15) is 11.5 Å². The number of carbonyl (C=O) groups excluding carboxylic acids is 1. The highest BCUT2D eigenvalue weighted by Crippen LogP contribution is 2.31. The van der Waals surface area contributed by atoms with Crippen molar-refractivity contribution in [2.24, 2.45) is 0 Å². The normalized spacial score (nSPS) is 10.1. The van der Waals surface area contributed by atoms with Crippen LogP contribution in [-0.2, 0) is 4.74 Å². The third-order valence-corrected chi connectivity index (χ3v) is 3.16. The minimum Gasteiger partial charge on any atom is -0.508 e. The number of rotatable bonds is 3. The van der Waals surface area contributed by atoms with Gasteiger partial charge in [-0.2, -0.15) is 0 Å². The summed E-state index contributed by atoms with van der Waals surface area (Å²) >= 11 is 1.45. The molecule has 2 aromatic rings. The van der Waals surface area contributed by atoms with Crippen LogP contribution < -0.4 is 4.74 Å². The molecule has 0 saturated heterocycles. The van der Waals surface area contributed by atoms with Crippen molar-refractivity contribution < 1.29 is 19.4 Å². The molecule has 0 bridgehead atoms. The summed E-state index contributed by atoms with van der Waals surface area (Å²) in [5.74, 6) is -0.156. The summed E-state index contributed by atoms with van der Waals surface area (Å²) in [6.45, 7) is 1.96. The van der Waals surface area contributed by atoms with E-state index in [2.05, 4.69) is 4.74 Å². The van der Waals surface area contributed by atoms with E-state index in [1.165, 1.54) is 36.6 Å². The third-order valence-electron chi connectivity index (χ3n) is 2.24. The zero-order valence-electron chi connectivity index (χ0n) is 9.97. The Labute approximate surface area is 108 Å². The van der Waals surface area contributed by atoms with Crippen molar-refractivity contribution in [3.63, 3.8) is 0 Å². The van der Waals surface area contributed by atoms with Gasteiger partial charge >= 0.3 is 5.97 Å². The number of ether oxygens (including phenoxy) is 2. The SMILES string of the molecule is COC(=O)c1cc(O)cc(Oc2cc(C)cs2)c1. The van der Waals surface area contributed by atoms with Gasteiger partial charge in [-0.3, -0.25) is 0 Å². The smallest absolute Gasteiger partial charge is 0.338 e. The van der Waals surface area contributed by atoms with E-state index in [0.717, 1.165) is 5.56 Å². The number of carbonyl (C=O) groups is 1. The van der Waals surface area contributed by atoms with Gasteiger partial charge in [0, 0.05) is 6.07 Å². The molecule has 0 aliphatic carbocycles. The maximum atomic E-state index is 11.4. The Kier molecular flexibility index (Phi) is 3.53. The van der Waals surface area contributed by atoms with Crippen LogP contribution in [0.1, 0.15) is 15.9 Å². The number of methoxy groups -OCH3 is 1. The number of esters is 1. The van der Waals surface area contributed by atoms with E-state index in [0.29, 0.717) is 10.8 Å². The molecule has 94 valence electrons. The fourth-order valence-electron chi connectivity index (χ4n) is 1.45. The Balaban J connectivity index is 2.28. The molecule has 0 unspecified atom stereocenters. The number of phenolic OH excluding ortho intramolecular Hbond substituents is 1. The van der Waals surface area contributed by atoms with Crippen LogP contribution in [0, 0.1) is 6.92 Å². The lowest BCUT2D eigenvalue weighted by atomic mass is 10.2. The molecule has 0 radical (unpaired) electrons. The number of aromatic hydroxyl groups is 1. The molecule has 0 saturated carbocycles.